The van der Waals surface area contributed by atoms with Gasteiger partial charge in [0, 0.05) is 12.1 Å². The average molecular weight is 291 g/mol. The Kier molecular flexibility index (Phi) is 5.92. The number of nitrogens with one attached hydrogen (secondary N) is 1. The second-order valence-corrected chi connectivity index (χ2v) is 6.10. The monoisotopic (exact) mass is 291 g/mol. The second-order valence-electron chi connectivity index (χ2n) is 6.10. The van der Waals surface area contributed by atoms with Crippen LogP contribution in [-0.4, -0.2) is 21.3 Å². The third kappa shape index (κ3) is 3.91. The minimum absolute atomic E-state index is 0.381. The van der Waals surface area contributed by atoms with E-state index in [1.54, 1.807) is 14.2 Å². The highest BCUT2D eigenvalue weighted by atomic mass is 16.5. The van der Waals surface area contributed by atoms with Gasteiger partial charge < -0.3 is 14.8 Å². The Morgan fingerprint density at radius 3 is 2.05 bits per heavy atom. The van der Waals surface area contributed by atoms with Crippen molar-refractivity contribution < 1.29 is 9.47 Å². The number of rotatable bonds is 6. The van der Waals surface area contributed by atoms with Crippen molar-refractivity contribution in [3.05, 3.63) is 23.8 Å². The summed E-state index contributed by atoms with van der Waals surface area (Å²) in [5, 5.41) is 3.51. The van der Waals surface area contributed by atoms with Crippen LogP contribution in [0.25, 0.3) is 0 Å². The molecule has 1 N–H and O–H groups in total. The fourth-order valence-corrected chi connectivity index (χ4v) is 3.61. The van der Waals surface area contributed by atoms with Crippen LogP contribution in [-0.2, 0) is 0 Å². The summed E-state index contributed by atoms with van der Waals surface area (Å²) in [5.74, 6) is 3.37. The normalized spacial score (nSPS) is 23.6. The lowest BCUT2D eigenvalue weighted by molar-refractivity contribution is 0.223. The molecule has 1 unspecified atom stereocenters. The Morgan fingerprint density at radius 2 is 1.62 bits per heavy atom. The lowest BCUT2D eigenvalue weighted by Crippen LogP contribution is -2.28. The maximum Gasteiger partial charge on any atom is 0.122 e. The number of hydrogen-bond donors (Lipinski definition) is 1. The molecular weight excluding hydrogens is 262 g/mol. The molecule has 0 bridgehead atoms. The van der Waals surface area contributed by atoms with Crippen LogP contribution in [0.1, 0.15) is 50.6 Å². The van der Waals surface area contributed by atoms with Crippen molar-refractivity contribution in [2.45, 2.75) is 45.1 Å². The first-order valence-electron chi connectivity index (χ1n) is 8.12. The van der Waals surface area contributed by atoms with Crippen LogP contribution in [0, 0.1) is 11.8 Å². The molecule has 1 aliphatic rings. The second kappa shape index (κ2) is 7.69. The van der Waals surface area contributed by atoms with Crippen molar-refractivity contribution in [1.82, 2.24) is 5.32 Å². The topological polar surface area (TPSA) is 30.5 Å². The zero-order chi connectivity index (χ0) is 15.2. The number of hydrogen-bond acceptors (Lipinski definition) is 3. The first-order valence-corrected chi connectivity index (χ1v) is 8.12. The van der Waals surface area contributed by atoms with Crippen LogP contribution < -0.4 is 14.8 Å². The van der Waals surface area contributed by atoms with E-state index in [9.17, 15) is 0 Å². The van der Waals surface area contributed by atoms with Gasteiger partial charge in [-0.2, -0.15) is 0 Å². The SMILES string of the molecule is CCC1CCC(C(NC)c2cc(OC)cc(OC)c2)CC1. The largest absolute Gasteiger partial charge is 0.497 e. The van der Waals surface area contributed by atoms with Crippen molar-refractivity contribution in [3.8, 4) is 11.5 Å². The lowest BCUT2D eigenvalue weighted by Gasteiger charge is -2.34. The molecule has 0 spiro atoms. The van der Waals surface area contributed by atoms with Crippen molar-refractivity contribution in [2.24, 2.45) is 11.8 Å². The highest BCUT2D eigenvalue weighted by molar-refractivity contribution is 5.40. The van der Waals surface area contributed by atoms with Crippen molar-refractivity contribution in [2.75, 3.05) is 21.3 Å². The van der Waals surface area contributed by atoms with E-state index in [0.29, 0.717) is 12.0 Å². The molecule has 0 saturated heterocycles. The maximum absolute atomic E-state index is 5.41. The zero-order valence-corrected chi connectivity index (χ0v) is 13.8. The molecule has 1 aromatic rings. The molecule has 21 heavy (non-hydrogen) atoms. The molecule has 2 rings (SSSR count). The fourth-order valence-electron chi connectivity index (χ4n) is 3.61. The molecule has 0 radical (unpaired) electrons. The third-order valence-corrected chi connectivity index (χ3v) is 4.98. The van der Waals surface area contributed by atoms with E-state index in [1.807, 2.05) is 6.07 Å². The Labute approximate surface area is 129 Å². The first kappa shape index (κ1) is 16.2. The third-order valence-electron chi connectivity index (χ3n) is 4.98. The Bertz CT molecular complexity index is 417. The van der Waals surface area contributed by atoms with Crippen LogP contribution in [0.4, 0.5) is 0 Å². The summed E-state index contributed by atoms with van der Waals surface area (Å²) in [6.45, 7) is 2.31. The molecule has 1 aromatic carbocycles. The predicted molar refractivity (Wildman–Crippen MR) is 87.1 cm³/mol. The minimum Gasteiger partial charge on any atom is -0.497 e. The lowest BCUT2D eigenvalue weighted by atomic mass is 9.76. The maximum atomic E-state index is 5.41. The van der Waals surface area contributed by atoms with Crippen LogP contribution in [0.5, 0.6) is 11.5 Å². The summed E-state index contributed by atoms with van der Waals surface area (Å²) in [7, 11) is 5.47. The number of benzene rings is 1. The predicted octanol–water partition coefficient (Wildman–Crippen LogP) is 4.18. The van der Waals surface area contributed by atoms with Gasteiger partial charge in [-0.05, 0) is 49.4 Å². The Balaban J connectivity index is 2.17. The van der Waals surface area contributed by atoms with Gasteiger partial charge in [-0.3, -0.25) is 0 Å². The van der Waals surface area contributed by atoms with E-state index in [0.717, 1.165) is 17.4 Å². The Hall–Kier alpha value is -1.22. The summed E-state index contributed by atoms with van der Waals surface area (Å²) >= 11 is 0. The van der Waals surface area contributed by atoms with Gasteiger partial charge in [-0.25, -0.2) is 0 Å². The van der Waals surface area contributed by atoms with Gasteiger partial charge >= 0.3 is 0 Å². The van der Waals surface area contributed by atoms with E-state index in [1.165, 1.54) is 37.7 Å². The zero-order valence-electron chi connectivity index (χ0n) is 13.8. The molecule has 1 atom stereocenters. The van der Waals surface area contributed by atoms with E-state index in [-0.39, 0.29) is 0 Å². The average Bonchev–Trinajstić information content (AvgIpc) is 2.55. The molecule has 1 aliphatic carbocycles. The number of ether oxygens (including phenoxy) is 2. The van der Waals surface area contributed by atoms with Gasteiger partial charge in [-0.15, -0.1) is 0 Å². The molecule has 3 nitrogen and oxygen atoms in total. The van der Waals surface area contributed by atoms with Crippen LogP contribution in [0.3, 0.4) is 0 Å². The fraction of sp³-hybridized carbons (Fsp3) is 0.667. The summed E-state index contributed by atoms with van der Waals surface area (Å²) in [6.07, 6.45) is 6.66. The van der Waals surface area contributed by atoms with Crippen LogP contribution >= 0.6 is 0 Å². The standard InChI is InChI=1S/C18H29NO2/c1-5-13-6-8-14(9-7-13)18(19-2)15-10-16(20-3)12-17(11-15)21-4/h10-14,18-19H,5-9H2,1-4H3. The quantitative estimate of drug-likeness (QED) is 0.853. The Morgan fingerprint density at radius 1 is 1.05 bits per heavy atom. The van der Waals surface area contributed by atoms with Gasteiger partial charge in [0.25, 0.3) is 0 Å². The molecule has 3 heteroatoms. The summed E-state index contributed by atoms with van der Waals surface area (Å²) in [5.41, 5.74) is 1.27. The van der Waals surface area contributed by atoms with Crippen molar-refractivity contribution in [1.29, 1.82) is 0 Å². The molecule has 0 aromatic heterocycles. The van der Waals surface area contributed by atoms with Crippen LogP contribution in [0.15, 0.2) is 18.2 Å². The summed E-state index contributed by atoms with van der Waals surface area (Å²) in [4.78, 5) is 0. The molecule has 0 heterocycles. The molecule has 118 valence electrons. The van der Waals surface area contributed by atoms with Gasteiger partial charge in [0.15, 0.2) is 0 Å². The highest BCUT2D eigenvalue weighted by Crippen LogP contribution is 2.39. The molecule has 0 aliphatic heterocycles. The molecule has 1 saturated carbocycles. The van der Waals surface area contributed by atoms with Gasteiger partial charge in [0.2, 0.25) is 0 Å². The minimum atomic E-state index is 0.381. The van der Waals surface area contributed by atoms with Gasteiger partial charge in [0.05, 0.1) is 14.2 Å². The van der Waals surface area contributed by atoms with Gasteiger partial charge in [-0.1, -0.05) is 26.2 Å². The van der Waals surface area contributed by atoms with E-state index >= 15 is 0 Å². The van der Waals surface area contributed by atoms with Crippen molar-refractivity contribution >= 4 is 0 Å². The van der Waals surface area contributed by atoms with E-state index < -0.39 is 0 Å². The highest BCUT2D eigenvalue weighted by Gasteiger charge is 2.27. The number of methoxy groups -OCH3 is 2. The smallest absolute Gasteiger partial charge is 0.122 e. The molecule has 0 amide bonds. The summed E-state index contributed by atoms with van der Waals surface area (Å²) < 4.78 is 10.8. The van der Waals surface area contributed by atoms with Crippen molar-refractivity contribution in [3.63, 3.8) is 0 Å². The van der Waals surface area contributed by atoms with E-state index in [4.69, 9.17) is 9.47 Å². The molecular formula is C18H29NO2. The first-order chi connectivity index (χ1) is 10.2. The summed E-state index contributed by atoms with van der Waals surface area (Å²) in [6, 6.07) is 6.59. The van der Waals surface area contributed by atoms with E-state index in [2.05, 4.69) is 31.4 Å². The van der Waals surface area contributed by atoms with Gasteiger partial charge in [0.1, 0.15) is 11.5 Å². The molecule has 1 fully saturated rings. The van der Waals surface area contributed by atoms with Crippen LogP contribution in [0.2, 0.25) is 0 Å².